The van der Waals surface area contributed by atoms with Gasteiger partial charge in [-0.05, 0) is 25.3 Å². The number of hydrogen-bond acceptors (Lipinski definition) is 1. The van der Waals surface area contributed by atoms with Gasteiger partial charge < -0.3 is 4.90 Å². The summed E-state index contributed by atoms with van der Waals surface area (Å²) >= 11 is 0. The van der Waals surface area contributed by atoms with Crippen LogP contribution in [0.5, 0.6) is 0 Å². The molecule has 0 N–H and O–H groups in total. The van der Waals surface area contributed by atoms with Crippen LogP contribution in [0.3, 0.4) is 0 Å². The molecule has 0 aliphatic heterocycles. The molecule has 0 radical (unpaired) electrons. The molecule has 0 aromatic heterocycles. The summed E-state index contributed by atoms with van der Waals surface area (Å²) in [5, 5.41) is 0. The van der Waals surface area contributed by atoms with Crippen LogP contribution in [-0.2, 0) is 4.79 Å². The molecular formula is C18H22FNO. The van der Waals surface area contributed by atoms with Crippen molar-refractivity contribution in [2.75, 3.05) is 6.54 Å². The third-order valence-electron chi connectivity index (χ3n) is 3.84. The number of rotatable bonds is 5. The molecule has 0 saturated heterocycles. The van der Waals surface area contributed by atoms with Crippen LogP contribution in [0.1, 0.15) is 37.3 Å². The van der Waals surface area contributed by atoms with Crippen molar-refractivity contribution in [3.05, 3.63) is 53.4 Å². The normalized spacial score (nSPS) is 18.5. The summed E-state index contributed by atoms with van der Waals surface area (Å²) in [6.07, 6.45) is 6.55. The number of amides is 1. The zero-order valence-electron chi connectivity index (χ0n) is 12.7. The number of hydrogen-bond donors (Lipinski definition) is 0. The Morgan fingerprint density at radius 3 is 2.67 bits per heavy atom. The number of nitrogens with zero attached hydrogens (tertiary/aromatic N) is 1. The highest BCUT2D eigenvalue weighted by Crippen LogP contribution is 2.29. The summed E-state index contributed by atoms with van der Waals surface area (Å²) in [4.78, 5) is 12.9. The molecule has 0 spiro atoms. The number of carbonyl (C=O) groups is 1. The average Bonchev–Trinajstić information content (AvgIpc) is 2.68. The van der Waals surface area contributed by atoms with Gasteiger partial charge in [0.25, 0.3) is 0 Å². The van der Waals surface area contributed by atoms with Crippen molar-refractivity contribution in [1.29, 1.82) is 0 Å². The summed E-state index contributed by atoms with van der Waals surface area (Å²) in [5.41, 5.74) is 2.69. The van der Waals surface area contributed by atoms with Gasteiger partial charge in [0.1, 0.15) is 5.83 Å². The Balaban J connectivity index is 2.22. The molecule has 1 amide bonds. The highest BCUT2D eigenvalue weighted by molar-refractivity contribution is 5.76. The van der Waals surface area contributed by atoms with Crippen molar-refractivity contribution < 1.29 is 9.18 Å². The molecule has 1 atom stereocenters. The molecule has 3 heteroatoms. The summed E-state index contributed by atoms with van der Waals surface area (Å²) < 4.78 is 14.3. The molecule has 0 bridgehead atoms. The molecule has 112 valence electrons. The van der Waals surface area contributed by atoms with Crippen LogP contribution in [0.4, 0.5) is 4.39 Å². The van der Waals surface area contributed by atoms with Gasteiger partial charge in [-0.25, -0.2) is 4.39 Å². The van der Waals surface area contributed by atoms with Gasteiger partial charge in [0.15, 0.2) is 0 Å². The predicted molar refractivity (Wildman–Crippen MR) is 84.4 cm³/mol. The third kappa shape index (κ3) is 3.81. The topological polar surface area (TPSA) is 20.3 Å². The predicted octanol–water partition coefficient (Wildman–Crippen LogP) is 4.26. The van der Waals surface area contributed by atoms with E-state index >= 15 is 0 Å². The maximum absolute atomic E-state index is 14.3. The summed E-state index contributed by atoms with van der Waals surface area (Å²) in [6.45, 7) is 4.76. The summed E-state index contributed by atoms with van der Waals surface area (Å²) in [5.74, 6) is -0.0973. The smallest absolute Gasteiger partial charge is 0.210 e. The van der Waals surface area contributed by atoms with Crippen LogP contribution >= 0.6 is 0 Å². The molecule has 1 aromatic carbocycles. The van der Waals surface area contributed by atoms with Crippen molar-refractivity contribution in [2.24, 2.45) is 0 Å². The molecule has 0 heterocycles. The Morgan fingerprint density at radius 2 is 2.05 bits per heavy atom. The molecule has 21 heavy (non-hydrogen) atoms. The Bertz CT molecular complexity index is 545. The van der Waals surface area contributed by atoms with E-state index in [1.165, 1.54) is 0 Å². The van der Waals surface area contributed by atoms with E-state index in [0.29, 0.717) is 25.0 Å². The lowest BCUT2D eigenvalue weighted by molar-refractivity contribution is -0.119. The Morgan fingerprint density at radius 1 is 1.33 bits per heavy atom. The molecule has 2 rings (SSSR count). The molecule has 2 nitrogen and oxygen atoms in total. The number of benzene rings is 1. The Hall–Kier alpha value is -1.90. The molecule has 0 fully saturated rings. The third-order valence-corrected chi connectivity index (χ3v) is 3.84. The van der Waals surface area contributed by atoms with Gasteiger partial charge in [-0.3, -0.25) is 4.79 Å². The van der Waals surface area contributed by atoms with Crippen LogP contribution in [0.25, 0.3) is 5.57 Å². The minimum absolute atomic E-state index is 0.0175. The van der Waals surface area contributed by atoms with Gasteiger partial charge in [0.05, 0.1) is 6.04 Å². The zero-order chi connectivity index (χ0) is 15.2. The number of halogens is 1. The minimum Gasteiger partial charge on any atom is -0.339 e. The van der Waals surface area contributed by atoms with Crippen LogP contribution in [0, 0.1) is 6.92 Å². The van der Waals surface area contributed by atoms with E-state index in [0.717, 1.165) is 24.0 Å². The van der Waals surface area contributed by atoms with E-state index < -0.39 is 0 Å². The first-order chi connectivity index (χ1) is 10.2. The number of carbonyl (C=O) groups excluding carboxylic acids is 1. The van der Waals surface area contributed by atoms with Gasteiger partial charge in [0.2, 0.25) is 6.41 Å². The summed E-state index contributed by atoms with van der Waals surface area (Å²) in [6, 6.07) is 7.84. The van der Waals surface area contributed by atoms with Crippen LogP contribution in [0.15, 0.2) is 42.2 Å². The van der Waals surface area contributed by atoms with E-state index in [-0.39, 0.29) is 11.9 Å². The van der Waals surface area contributed by atoms with E-state index in [9.17, 15) is 9.18 Å². The molecular weight excluding hydrogens is 265 g/mol. The molecule has 0 saturated carbocycles. The van der Waals surface area contributed by atoms with Gasteiger partial charge in [-0.15, -0.1) is 0 Å². The number of allylic oxidation sites excluding steroid dienone is 3. The maximum atomic E-state index is 14.3. The highest BCUT2D eigenvalue weighted by atomic mass is 19.1. The van der Waals surface area contributed by atoms with E-state index in [2.05, 4.69) is 0 Å². The van der Waals surface area contributed by atoms with Crippen LogP contribution in [0.2, 0.25) is 0 Å². The van der Waals surface area contributed by atoms with E-state index in [1.807, 2.05) is 50.3 Å². The number of aryl methyl sites for hydroxylation is 1. The lowest BCUT2D eigenvalue weighted by Crippen LogP contribution is -2.33. The first-order valence-corrected chi connectivity index (χ1v) is 7.50. The Kier molecular flexibility index (Phi) is 5.32. The van der Waals surface area contributed by atoms with Gasteiger partial charge >= 0.3 is 0 Å². The minimum atomic E-state index is -0.0973. The standard InChI is InChI=1S/C18H22FNO/c1-3-12-20(13-21)16-8-10-17(18(19)11-9-16)15-6-4-14(2)5-7-15/h4-8,10,13,16H,3,9,11-12H2,1-2H3. The fourth-order valence-corrected chi connectivity index (χ4v) is 2.62. The summed E-state index contributed by atoms with van der Waals surface area (Å²) in [7, 11) is 0. The van der Waals surface area contributed by atoms with Crippen LogP contribution in [-0.4, -0.2) is 23.9 Å². The van der Waals surface area contributed by atoms with E-state index in [4.69, 9.17) is 0 Å². The zero-order valence-corrected chi connectivity index (χ0v) is 12.7. The average molecular weight is 287 g/mol. The molecule has 1 unspecified atom stereocenters. The second kappa shape index (κ2) is 7.21. The second-order valence-electron chi connectivity index (χ2n) is 5.49. The fraction of sp³-hybridized carbons (Fsp3) is 0.389. The Labute approximate surface area is 126 Å². The van der Waals surface area contributed by atoms with Crippen molar-refractivity contribution in [1.82, 2.24) is 4.90 Å². The fourth-order valence-electron chi connectivity index (χ4n) is 2.62. The van der Waals surface area contributed by atoms with Crippen LogP contribution < -0.4 is 0 Å². The first-order valence-electron chi connectivity index (χ1n) is 7.50. The SMILES string of the molecule is CCCN(C=O)C1C=CC(c2ccc(C)cc2)=C(F)CC1. The van der Waals surface area contributed by atoms with Crippen molar-refractivity contribution in [2.45, 2.75) is 39.2 Å². The maximum Gasteiger partial charge on any atom is 0.210 e. The largest absolute Gasteiger partial charge is 0.339 e. The van der Waals surface area contributed by atoms with Crippen molar-refractivity contribution in [3.8, 4) is 0 Å². The van der Waals surface area contributed by atoms with Gasteiger partial charge in [-0.2, -0.15) is 0 Å². The van der Waals surface area contributed by atoms with Gasteiger partial charge in [0, 0.05) is 18.5 Å². The first kappa shape index (κ1) is 15.5. The lowest BCUT2D eigenvalue weighted by atomic mass is 10.0. The second-order valence-corrected chi connectivity index (χ2v) is 5.49. The molecule has 1 aliphatic rings. The molecule has 1 aromatic rings. The monoisotopic (exact) mass is 287 g/mol. The lowest BCUT2D eigenvalue weighted by Gasteiger charge is -2.24. The van der Waals surface area contributed by atoms with Crippen molar-refractivity contribution >= 4 is 12.0 Å². The molecule has 1 aliphatic carbocycles. The highest BCUT2D eigenvalue weighted by Gasteiger charge is 2.19. The van der Waals surface area contributed by atoms with E-state index in [1.54, 1.807) is 4.90 Å². The van der Waals surface area contributed by atoms with Crippen molar-refractivity contribution in [3.63, 3.8) is 0 Å². The quantitative estimate of drug-likeness (QED) is 0.741. The van der Waals surface area contributed by atoms with Gasteiger partial charge in [-0.1, -0.05) is 48.9 Å².